The van der Waals surface area contributed by atoms with Crippen molar-refractivity contribution in [1.29, 1.82) is 0 Å². The molecule has 0 spiro atoms. The average Bonchev–Trinajstić information content (AvgIpc) is 3.36. The predicted octanol–water partition coefficient (Wildman–Crippen LogP) is 4.98. The first-order valence-electron chi connectivity index (χ1n) is 16.2. The highest BCUT2D eigenvalue weighted by Gasteiger charge is 2.32. The number of carbonyl (C=O) groups excluding carboxylic acids is 2. The highest BCUT2D eigenvalue weighted by atomic mass is 32.2. The normalized spacial score (nSPS) is 18.6. The van der Waals surface area contributed by atoms with E-state index in [0.717, 1.165) is 12.1 Å². The summed E-state index contributed by atoms with van der Waals surface area (Å²) >= 11 is 0. The molecule has 1 aliphatic heterocycles. The van der Waals surface area contributed by atoms with Crippen molar-refractivity contribution in [3.05, 3.63) is 65.3 Å². The number of likely N-dealkylation sites (N-methyl/N-ethyl adjacent to an activating group) is 2. The smallest absolute Gasteiger partial charge is 0.323 e. The van der Waals surface area contributed by atoms with E-state index in [2.05, 4.69) is 15.8 Å². The van der Waals surface area contributed by atoms with Crippen LogP contribution in [0.15, 0.2) is 51.9 Å². The Bertz CT molecular complexity index is 1680. The SMILES string of the molecule is Cc1noc(C)c1NC(=O)Nc1ccc2c(c1)C(=O)N([C@@H](C)CN(C)C)C[C@@H](C)[C@H](CN(C)S(=O)(=O)c1ccc(F)cc1)OCCCCO2. The van der Waals surface area contributed by atoms with E-state index in [9.17, 15) is 22.4 Å². The number of ether oxygens (including phenoxy) is 2. The van der Waals surface area contributed by atoms with E-state index in [-0.39, 0.29) is 41.4 Å². The number of aromatic nitrogens is 1. The third-order valence-corrected chi connectivity index (χ3v) is 10.2. The second-order valence-corrected chi connectivity index (χ2v) is 14.8. The maximum Gasteiger partial charge on any atom is 0.323 e. The van der Waals surface area contributed by atoms with E-state index in [1.165, 1.54) is 23.5 Å². The maximum absolute atomic E-state index is 14.5. The molecule has 0 unspecified atom stereocenters. The van der Waals surface area contributed by atoms with Gasteiger partial charge in [-0.05, 0) is 90.2 Å². The van der Waals surface area contributed by atoms with Gasteiger partial charge in [-0.3, -0.25) is 4.79 Å². The molecule has 15 heteroatoms. The van der Waals surface area contributed by atoms with Crippen LogP contribution in [0.5, 0.6) is 5.75 Å². The largest absolute Gasteiger partial charge is 0.493 e. The number of aryl methyl sites for hydroxylation is 2. The fourth-order valence-corrected chi connectivity index (χ4v) is 6.85. The fraction of sp³-hybridized carbons (Fsp3) is 0.500. The van der Waals surface area contributed by atoms with Crippen LogP contribution in [-0.4, -0.2) is 106 Å². The number of rotatable bonds is 9. The van der Waals surface area contributed by atoms with Crippen LogP contribution in [0.25, 0.3) is 0 Å². The predicted molar refractivity (Wildman–Crippen MR) is 184 cm³/mol. The Morgan fingerprint density at radius 2 is 1.78 bits per heavy atom. The van der Waals surface area contributed by atoms with Crippen LogP contribution >= 0.6 is 0 Å². The van der Waals surface area contributed by atoms with E-state index in [1.807, 2.05) is 32.8 Å². The summed E-state index contributed by atoms with van der Waals surface area (Å²) in [6.45, 7) is 8.78. The van der Waals surface area contributed by atoms with Crippen molar-refractivity contribution in [2.75, 3.05) is 64.6 Å². The summed E-state index contributed by atoms with van der Waals surface area (Å²) < 4.78 is 59.0. The zero-order valence-corrected chi connectivity index (χ0v) is 30.0. The van der Waals surface area contributed by atoms with Crippen molar-refractivity contribution < 1.29 is 36.4 Å². The first-order chi connectivity index (χ1) is 23.2. The second-order valence-electron chi connectivity index (χ2n) is 12.7. The van der Waals surface area contributed by atoms with Gasteiger partial charge in [0.2, 0.25) is 10.0 Å². The molecule has 0 aliphatic carbocycles. The number of amides is 3. The molecule has 0 saturated heterocycles. The number of nitrogens with one attached hydrogen (secondary N) is 2. The summed E-state index contributed by atoms with van der Waals surface area (Å²) in [4.78, 5) is 31.1. The molecule has 0 bridgehead atoms. The van der Waals surface area contributed by atoms with Crippen LogP contribution in [0.1, 0.15) is 48.5 Å². The number of benzene rings is 2. The van der Waals surface area contributed by atoms with Gasteiger partial charge in [-0.2, -0.15) is 4.31 Å². The van der Waals surface area contributed by atoms with Gasteiger partial charge in [0.25, 0.3) is 5.91 Å². The molecule has 3 atom stereocenters. The molecule has 2 aromatic carbocycles. The number of anilines is 2. The summed E-state index contributed by atoms with van der Waals surface area (Å²) in [5.74, 6) is -0.286. The van der Waals surface area contributed by atoms with E-state index < -0.39 is 28.0 Å². The maximum atomic E-state index is 14.5. The Kier molecular flexibility index (Phi) is 12.8. The molecule has 3 aromatic rings. The number of hydrogen-bond acceptors (Lipinski definition) is 9. The molecular weight excluding hydrogens is 655 g/mol. The molecular formula is C34H47FN6O7S. The van der Waals surface area contributed by atoms with Gasteiger partial charge < -0.3 is 34.4 Å². The number of urea groups is 1. The van der Waals surface area contributed by atoms with Crippen molar-refractivity contribution >= 4 is 33.3 Å². The first kappa shape index (κ1) is 37.8. The molecule has 0 fully saturated rings. The Morgan fingerprint density at radius 1 is 1.08 bits per heavy atom. The van der Waals surface area contributed by atoms with Gasteiger partial charge in [0, 0.05) is 50.9 Å². The second kappa shape index (κ2) is 16.6. The van der Waals surface area contributed by atoms with Crippen LogP contribution in [0.3, 0.4) is 0 Å². The van der Waals surface area contributed by atoms with Gasteiger partial charge in [0.1, 0.15) is 22.9 Å². The quantitative estimate of drug-likeness (QED) is 0.315. The number of halogens is 1. The summed E-state index contributed by atoms with van der Waals surface area (Å²) in [5.41, 5.74) is 1.66. The Hall–Kier alpha value is -4.05. The van der Waals surface area contributed by atoms with Crippen LogP contribution in [0, 0.1) is 25.6 Å². The van der Waals surface area contributed by atoms with Crippen molar-refractivity contribution in [1.82, 2.24) is 19.3 Å². The first-order valence-corrected chi connectivity index (χ1v) is 17.7. The van der Waals surface area contributed by atoms with Gasteiger partial charge in [0.15, 0.2) is 5.76 Å². The average molecular weight is 703 g/mol. The lowest BCUT2D eigenvalue weighted by molar-refractivity contribution is -0.00599. The van der Waals surface area contributed by atoms with Crippen LogP contribution < -0.4 is 15.4 Å². The highest BCUT2D eigenvalue weighted by molar-refractivity contribution is 7.89. The van der Waals surface area contributed by atoms with Crippen molar-refractivity contribution in [2.45, 2.75) is 57.6 Å². The summed E-state index contributed by atoms with van der Waals surface area (Å²) in [5, 5.41) is 9.39. The van der Waals surface area contributed by atoms with E-state index in [0.29, 0.717) is 61.2 Å². The number of nitrogens with zero attached hydrogens (tertiary/aromatic N) is 4. The van der Waals surface area contributed by atoms with E-state index in [4.69, 9.17) is 14.0 Å². The Labute approximate surface area is 287 Å². The topological polar surface area (TPSA) is 147 Å². The molecule has 1 aromatic heterocycles. The highest BCUT2D eigenvalue weighted by Crippen LogP contribution is 2.28. The lowest BCUT2D eigenvalue weighted by Gasteiger charge is -2.36. The third-order valence-electron chi connectivity index (χ3n) is 8.37. The van der Waals surface area contributed by atoms with Crippen molar-refractivity contribution in [3.63, 3.8) is 0 Å². The monoisotopic (exact) mass is 702 g/mol. The van der Waals surface area contributed by atoms with Gasteiger partial charge >= 0.3 is 6.03 Å². The van der Waals surface area contributed by atoms with E-state index in [1.54, 1.807) is 36.9 Å². The standard InChI is InChI=1S/C34H47FN6O7S/c1-22-19-41(23(2)20-39(5)6)33(42)29-18-27(36-34(43)37-32-24(3)38-48-25(32)4)12-15-30(29)46-16-8-9-17-47-31(22)21-40(7)49(44,45)28-13-10-26(35)11-14-28/h10-15,18,22-23,31H,8-9,16-17,19-21H2,1-7H3,(H2,36,37,43)/t22-,23+,31+/m1/s1. The van der Waals surface area contributed by atoms with Crippen molar-refractivity contribution in [2.24, 2.45) is 5.92 Å². The molecule has 2 heterocycles. The van der Waals surface area contributed by atoms with Crippen LogP contribution in [-0.2, 0) is 14.8 Å². The molecule has 0 saturated carbocycles. The van der Waals surface area contributed by atoms with Gasteiger partial charge in [-0.15, -0.1) is 0 Å². The molecule has 3 amide bonds. The fourth-order valence-electron chi connectivity index (χ4n) is 5.67. The number of sulfonamides is 1. The Morgan fingerprint density at radius 3 is 2.43 bits per heavy atom. The zero-order valence-electron chi connectivity index (χ0n) is 29.2. The van der Waals surface area contributed by atoms with Crippen LogP contribution in [0.2, 0.25) is 0 Å². The molecule has 2 N–H and O–H groups in total. The molecule has 1 aliphatic rings. The summed E-state index contributed by atoms with van der Waals surface area (Å²) in [6.07, 6.45) is 0.701. The van der Waals surface area contributed by atoms with Crippen LogP contribution in [0.4, 0.5) is 20.6 Å². The van der Waals surface area contributed by atoms with Crippen molar-refractivity contribution in [3.8, 4) is 5.75 Å². The molecule has 49 heavy (non-hydrogen) atoms. The molecule has 268 valence electrons. The van der Waals surface area contributed by atoms with Gasteiger partial charge in [0.05, 0.1) is 23.2 Å². The van der Waals surface area contributed by atoms with Gasteiger partial charge in [-0.1, -0.05) is 12.1 Å². The minimum absolute atomic E-state index is 0.0202. The third kappa shape index (κ3) is 9.78. The molecule has 0 radical (unpaired) electrons. The molecule has 4 rings (SSSR count). The zero-order chi connectivity index (χ0) is 35.9. The lowest BCUT2D eigenvalue weighted by atomic mass is 10.0. The minimum atomic E-state index is -3.94. The number of carbonyl (C=O) groups is 2. The lowest BCUT2D eigenvalue weighted by Crippen LogP contribution is -2.49. The number of hydrogen-bond donors (Lipinski definition) is 2. The minimum Gasteiger partial charge on any atom is -0.493 e. The summed E-state index contributed by atoms with van der Waals surface area (Å²) in [7, 11) is 1.37. The Balaban J connectivity index is 1.63. The van der Waals surface area contributed by atoms with E-state index >= 15 is 0 Å². The number of fused-ring (bicyclic) bond motifs is 1. The molecule has 13 nitrogen and oxygen atoms in total. The van der Waals surface area contributed by atoms with Gasteiger partial charge in [-0.25, -0.2) is 17.6 Å². The summed E-state index contributed by atoms with van der Waals surface area (Å²) in [6, 6.07) is 8.85.